The quantitative estimate of drug-likeness (QED) is 0.0489. The number of benzene rings is 2. The summed E-state index contributed by atoms with van der Waals surface area (Å²) in [6.07, 6.45) is 11.5. The second-order valence-electron chi connectivity index (χ2n) is 27.8. The summed E-state index contributed by atoms with van der Waals surface area (Å²) >= 11 is 0. The van der Waals surface area contributed by atoms with Gasteiger partial charge in [-0.15, -0.1) is 15.3 Å². The fourth-order valence-corrected chi connectivity index (χ4v) is 12.9. The number of hydrogen-bond acceptors (Lipinski definition) is 14. The fourth-order valence-electron chi connectivity index (χ4n) is 12.9. The molecule has 10 rings (SSSR count). The second kappa shape index (κ2) is 37.6. The van der Waals surface area contributed by atoms with E-state index >= 15 is 0 Å². The number of nitrogens with zero attached hydrogens (tertiary/aromatic N) is 11. The average molecular weight is 1280 g/mol. The number of para-hydroxylation sites is 1. The van der Waals surface area contributed by atoms with E-state index in [4.69, 9.17) is 9.47 Å². The summed E-state index contributed by atoms with van der Waals surface area (Å²) in [5, 5.41) is 29.2. The van der Waals surface area contributed by atoms with E-state index in [1.54, 1.807) is 4.90 Å². The van der Waals surface area contributed by atoms with Crippen LogP contribution in [0.4, 0.5) is 5.69 Å². The van der Waals surface area contributed by atoms with Crippen LogP contribution >= 0.6 is 0 Å². The van der Waals surface area contributed by atoms with Crippen molar-refractivity contribution in [3.8, 4) is 22.5 Å². The number of carbonyl (C=O) groups is 6. The second-order valence-corrected chi connectivity index (χ2v) is 27.8. The molecule has 12 radical (unpaired) electrons. The first-order valence-corrected chi connectivity index (χ1v) is 33.5. The van der Waals surface area contributed by atoms with Crippen LogP contribution in [0, 0.1) is 41.4 Å². The van der Waals surface area contributed by atoms with E-state index in [2.05, 4.69) is 108 Å². The van der Waals surface area contributed by atoms with Gasteiger partial charge < -0.3 is 19.7 Å². The molecule has 1 saturated heterocycles. The Balaban J connectivity index is 0.000000335. The van der Waals surface area contributed by atoms with E-state index in [-0.39, 0.29) is 125 Å². The van der Waals surface area contributed by atoms with Gasteiger partial charge in [-0.25, -0.2) is 14.0 Å². The van der Waals surface area contributed by atoms with Gasteiger partial charge in [0.2, 0.25) is 23.6 Å². The number of ether oxygens (including phenoxy) is 2. The van der Waals surface area contributed by atoms with E-state index in [9.17, 15) is 28.8 Å². The lowest BCUT2D eigenvalue weighted by atomic mass is 9.94. The van der Waals surface area contributed by atoms with Crippen molar-refractivity contribution in [2.24, 2.45) is 41.4 Å². The maximum absolute atomic E-state index is 13.4. The van der Waals surface area contributed by atoms with E-state index in [0.717, 1.165) is 84.4 Å². The summed E-state index contributed by atoms with van der Waals surface area (Å²) in [7, 11) is 0. The molecule has 504 valence electrons. The molecule has 1 N–H and O–H groups in total. The number of esters is 1. The summed E-state index contributed by atoms with van der Waals surface area (Å²) in [5.74, 6) is 2.79. The van der Waals surface area contributed by atoms with Gasteiger partial charge >= 0.3 is 5.97 Å². The smallest absolute Gasteiger partial charge is 0.306 e. The number of aryl methyl sites for hydroxylation is 1. The Labute approximate surface area is 568 Å². The number of rotatable bonds is 18. The monoisotopic (exact) mass is 1280 g/mol. The van der Waals surface area contributed by atoms with Crippen LogP contribution in [0.25, 0.3) is 22.5 Å². The van der Waals surface area contributed by atoms with Crippen molar-refractivity contribution in [3.63, 3.8) is 0 Å². The first-order valence-electron chi connectivity index (χ1n) is 33.5. The highest BCUT2D eigenvalue weighted by molar-refractivity contribution is 6.04. The van der Waals surface area contributed by atoms with E-state index in [1.807, 2.05) is 101 Å². The molecule has 3 aliphatic carbocycles. The first kappa shape index (κ1) is 81.5. The van der Waals surface area contributed by atoms with Crippen molar-refractivity contribution in [1.82, 2.24) is 55.2 Å². The highest BCUT2D eigenvalue weighted by Crippen LogP contribution is 2.53. The highest BCUT2D eigenvalue weighted by Gasteiger charge is 2.50. The van der Waals surface area contributed by atoms with Gasteiger partial charge in [0.1, 0.15) is 29.9 Å². The normalized spacial score (nSPS) is 18.5. The number of amides is 4. The van der Waals surface area contributed by atoms with Gasteiger partial charge in [-0.2, -0.15) is 0 Å². The third kappa shape index (κ3) is 21.1. The topological polar surface area (TPSA) is 232 Å². The summed E-state index contributed by atoms with van der Waals surface area (Å²) in [6.45, 7) is 33.6. The van der Waals surface area contributed by atoms with Crippen molar-refractivity contribution in [3.05, 3.63) is 76.9 Å². The summed E-state index contributed by atoms with van der Waals surface area (Å²) in [5.41, 5.74) is 10.1. The van der Waals surface area contributed by atoms with Crippen molar-refractivity contribution in [2.45, 2.75) is 244 Å². The lowest BCUT2D eigenvalue weighted by Gasteiger charge is -2.29. The van der Waals surface area contributed by atoms with Gasteiger partial charge in [0.25, 0.3) is 0 Å². The Morgan fingerprint density at radius 3 is 1.81 bits per heavy atom. The molecule has 94 heavy (non-hydrogen) atoms. The molecule has 2 aromatic carbocycles. The number of Topliss-reactive ketones (excluding diaryl/α,β-unsaturated/α-hetero) is 1. The van der Waals surface area contributed by atoms with E-state index in [1.165, 1.54) is 34.8 Å². The molecule has 5 aromatic rings. The SMILES string of the molecule is CC(C)C1CC(=O)N(C(C)C)C1=O.CC(C)CC(=O)CCC(=O)N1Cc2ccccc2-c2c(nnn2C(C)C)-c2ccccc21.CC(C)CC(=O)OC[C@@H]1[C@@H]2CCc3c(nnn3C(C)C)CC[C@@H]21.CC(C)NC(=O)COC1CCCCCc2c1nnn2C(C)C.[B].[B].[B].[B]. The molecule has 5 atom stereocenters. The summed E-state index contributed by atoms with van der Waals surface area (Å²) in [4.78, 5) is 75.5. The minimum Gasteiger partial charge on any atom is -0.465 e. The van der Waals surface area contributed by atoms with Crippen molar-refractivity contribution >= 4 is 74.7 Å². The number of anilines is 1. The zero-order chi connectivity index (χ0) is 65.7. The van der Waals surface area contributed by atoms with Crippen molar-refractivity contribution in [2.75, 3.05) is 18.1 Å². The lowest BCUT2D eigenvalue weighted by molar-refractivity contribution is -0.145. The zero-order valence-corrected chi connectivity index (χ0v) is 59.1. The van der Waals surface area contributed by atoms with Gasteiger partial charge in [-0.3, -0.25) is 33.7 Å². The summed E-state index contributed by atoms with van der Waals surface area (Å²) < 4.78 is 17.4. The Bertz CT molecular complexity index is 3250. The van der Waals surface area contributed by atoms with Crippen LogP contribution in [0.5, 0.6) is 0 Å². The number of aromatic nitrogens is 9. The number of fused-ring (bicyclic) bond motifs is 8. The van der Waals surface area contributed by atoms with Gasteiger partial charge in [0.05, 0.1) is 41.6 Å². The maximum atomic E-state index is 13.4. The van der Waals surface area contributed by atoms with Crippen LogP contribution in [0.3, 0.4) is 0 Å². The average Bonchev–Trinajstić information content (AvgIpc) is 1.49. The first-order chi connectivity index (χ1) is 42.8. The van der Waals surface area contributed by atoms with E-state index < -0.39 is 0 Å². The number of nitrogens with one attached hydrogen (secondary N) is 1. The third-order valence-corrected chi connectivity index (χ3v) is 17.5. The molecule has 5 heterocycles. The zero-order valence-electron chi connectivity index (χ0n) is 59.1. The van der Waals surface area contributed by atoms with Crippen molar-refractivity contribution in [1.29, 1.82) is 0 Å². The van der Waals surface area contributed by atoms with Crippen LogP contribution in [0.2, 0.25) is 0 Å². The predicted octanol–water partition coefficient (Wildman–Crippen LogP) is 11.1. The molecular formula is C70H104B4N12O8. The Hall–Kier alpha value is -6.70. The molecule has 2 unspecified atom stereocenters. The third-order valence-electron chi connectivity index (χ3n) is 17.5. The number of carbonyl (C=O) groups excluding carboxylic acids is 6. The molecule has 0 bridgehead atoms. The number of hydrogen-bond donors (Lipinski definition) is 1. The van der Waals surface area contributed by atoms with Crippen molar-refractivity contribution < 1.29 is 38.2 Å². The lowest BCUT2D eigenvalue weighted by Crippen LogP contribution is -2.37. The highest BCUT2D eigenvalue weighted by atomic mass is 16.5. The number of ketones is 1. The fraction of sp³-hybridized carbons (Fsp3) is 0.657. The molecule has 1 saturated carbocycles. The van der Waals surface area contributed by atoms with E-state index in [0.29, 0.717) is 74.1 Å². The number of likely N-dealkylation sites (tertiary alicyclic amines) is 1. The molecule has 2 aliphatic heterocycles. The predicted molar refractivity (Wildman–Crippen MR) is 372 cm³/mol. The van der Waals surface area contributed by atoms with Crippen LogP contribution in [0.1, 0.15) is 234 Å². The van der Waals surface area contributed by atoms with Gasteiger partial charge in [-0.05, 0) is 161 Å². The molecule has 24 heteroatoms. The molecule has 20 nitrogen and oxygen atoms in total. The molecular weight excluding hydrogens is 1180 g/mol. The minimum absolute atomic E-state index is 0. The van der Waals surface area contributed by atoms with Crippen LogP contribution < -0.4 is 10.2 Å². The van der Waals surface area contributed by atoms with Crippen LogP contribution in [0.15, 0.2) is 48.5 Å². The summed E-state index contributed by atoms with van der Waals surface area (Å²) in [6, 6.07) is 16.9. The van der Waals surface area contributed by atoms with Crippen LogP contribution in [-0.4, -0.2) is 144 Å². The van der Waals surface area contributed by atoms with Gasteiger partial charge in [-0.1, -0.05) is 112 Å². The maximum Gasteiger partial charge on any atom is 0.306 e. The molecule has 5 aliphatic rings. The Morgan fingerprint density at radius 2 is 1.21 bits per heavy atom. The molecule has 3 aromatic heterocycles. The molecule has 4 amide bonds. The Morgan fingerprint density at radius 1 is 0.617 bits per heavy atom. The largest absolute Gasteiger partial charge is 0.465 e. The van der Waals surface area contributed by atoms with Crippen LogP contribution in [-0.2, 0) is 64.0 Å². The molecule has 2 fully saturated rings. The standard InChI is InChI=1S/C26H30N4O2.C18H29N3O2.C16H28N4O2.C10H17NO2.4B/c1-17(2)15-20(31)13-14-24(32)29-16-19-9-5-6-10-21(19)26-25(27-28-30(26)18(3)4)22-11-7-8-12-23(22)29;1-11(2)9-18(22)23-10-15-13-5-7-16-17(8-6-14(13)15)21(12(3)4)20-19-16;1-11(2)17-15(21)10-22-14-9-7-5-6-8-13-16(14)18-19-20(13)12(3)4;1-6(2)8-5-9(12)11(7(3)4)10(8)13;;;;/h5-12,17-18H,13-16H2,1-4H3;11-15H,5-10H2,1-4H3;11-12,14H,5-10H2,1-4H3,(H,17,21);6-8H,5H2,1-4H3;;;;/t;13-,14+,15-;;;;;;/m.0....../s1. The number of imide groups is 1. The minimum atomic E-state index is -0.124. The molecule has 0 spiro atoms. The van der Waals surface area contributed by atoms with Gasteiger partial charge in [0.15, 0.2) is 0 Å². The Kier molecular flexibility index (Phi) is 32.6. The van der Waals surface area contributed by atoms with Gasteiger partial charge in [0, 0.05) is 113 Å².